The van der Waals surface area contributed by atoms with Gasteiger partial charge in [0.2, 0.25) is 0 Å². The van der Waals surface area contributed by atoms with Crippen molar-refractivity contribution in [3.63, 3.8) is 0 Å². The van der Waals surface area contributed by atoms with Crippen LogP contribution >= 0.6 is 0 Å². The molecule has 0 unspecified atom stereocenters. The van der Waals surface area contributed by atoms with Crippen LogP contribution in [0.15, 0.2) is 23.0 Å². The molecule has 0 bridgehead atoms. The van der Waals surface area contributed by atoms with Gasteiger partial charge in [0.25, 0.3) is 5.91 Å². The Labute approximate surface area is 158 Å². The summed E-state index contributed by atoms with van der Waals surface area (Å²) in [5.74, 6) is 0.175. The Hall–Kier alpha value is -2.12. The van der Waals surface area contributed by atoms with Crippen LogP contribution in [0.3, 0.4) is 0 Å². The molecule has 0 atom stereocenters. The van der Waals surface area contributed by atoms with Crippen LogP contribution in [0.2, 0.25) is 0 Å². The Balaban J connectivity index is 1.74. The molecule has 1 saturated heterocycles. The van der Waals surface area contributed by atoms with Crippen molar-refractivity contribution >= 4 is 16.9 Å². The van der Waals surface area contributed by atoms with E-state index in [1.165, 1.54) is 0 Å². The van der Waals surface area contributed by atoms with Crippen molar-refractivity contribution in [1.29, 1.82) is 0 Å². The van der Waals surface area contributed by atoms with Gasteiger partial charge in [0, 0.05) is 25.3 Å². The van der Waals surface area contributed by atoms with E-state index in [0.29, 0.717) is 43.9 Å². The van der Waals surface area contributed by atoms with Crippen LogP contribution in [0.25, 0.3) is 11.0 Å². The first-order valence-corrected chi connectivity index (χ1v) is 9.63. The molecule has 2 aromatic rings. The molecule has 1 aromatic heterocycles. The molecule has 1 fully saturated rings. The summed E-state index contributed by atoms with van der Waals surface area (Å²) in [7, 11) is 0. The van der Waals surface area contributed by atoms with Gasteiger partial charge in [-0.1, -0.05) is 0 Å². The van der Waals surface area contributed by atoms with Crippen molar-refractivity contribution in [2.24, 2.45) is 5.92 Å². The third-order valence-corrected chi connectivity index (χ3v) is 5.47. The summed E-state index contributed by atoms with van der Waals surface area (Å²) in [6, 6.07) is 5.34. The smallest absolute Gasteiger partial charge is 0.326 e. The van der Waals surface area contributed by atoms with E-state index in [9.17, 15) is 14.7 Å². The number of nitrogens with zero attached hydrogens (tertiary/aromatic N) is 2. The van der Waals surface area contributed by atoms with Crippen LogP contribution in [-0.2, 0) is 11.3 Å². The lowest BCUT2D eigenvalue weighted by Gasteiger charge is -2.37. The van der Waals surface area contributed by atoms with Gasteiger partial charge in [0.15, 0.2) is 0 Å². The van der Waals surface area contributed by atoms with Gasteiger partial charge in [-0.15, -0.1) is 0 Å². The van der Waals surface area contributed by atoms with Gasteiger partial charge >= 0.3 is 5.69 Å². The Kier molecular flexibility index (Phi) is 5.72. The van der Waals surface area contributed by atoms with Crippen LogP contribution in [0.1, 0.15) is 44.0 Å². The molecule has 1 aliphatic rings. The molecule has 2 N–H and O–H groups in total. The van der Waals surface area contributed by atoms with Gasteiger partial charge in [-0.2, -0.15) is 0 Å². The molecule has 2 heterocycles. The number of carbonyl (C=O) groups is 1. The normalized spacial score (nSPS) is 16.2. The highest BCUT2D eigenvalue weighted by Crippen LogP contribution is 2.28. The molecule has 0 spiro atoms. The van der Waals surface area contributed by atoms with Gasteiger partial charge in [-0.25, -0.2) is 4.79 Å². The Morgan fingerprint density at radius 1 is 1.33 bits per heavy atom. The molecule has 148 valence electrons. The standard InChI is InChI=1S/C20H29N3O4/c1-4-27-12-11-23-17-6-5-14(13-16(17)21-19(23)25)18(24)22-9-7-15(8-10-22)20(2,3)26/h5-6,13,15,26H,4,7-12H2,1-3H3,(H,21,25). The van der Waals surface area contributed by atoms with Crippen molar-refractivity contribution in [1.82, 2.24) is 14.5 Å². The fraction of sp³-hybridized carbons (Fsp3) is 0.600. The van der Waals surface area contributed by atoms with E-state index in [-0.39, 0.29) is 17.5 Å². The number of imidazole rings is 1. The first-order chi connectivity index (χ1) is 12.8. The molecule has 0 aliphatic carbocycles. The molecule has 7 heteroatoms. The number of rotatable bonds is 6. The Bertz CT molecular complexity index is 854. The number of aliphatic hydroxyl groups is 1. The van der Waals surface area contributed by atoms with Crippen molar-refractivity contribution in [3.8, 4) is 0 Å². The fourth-order valence-corrected chi connectivity index (χ4v) is 3.79. The maximum absolute atomic E-state index is 12.8. The summed E-state index contributed by atoms with van der Waals surface area (Å²) in [6.07, 6.45) is 1.59. The monoisotopic (exact) mass is 375 g/mol. The quantitative estimate of drug-likeness (QED) is 0.756. The average Bonchev–Trinajstić information content (AvgIpc) is 2.95. The zero-order valence-corrected chi connectivity index (χ0v) is 16.3. The highest BCUT2D eigenvalue weighted by molar-refractivity contribution is 5.97. The number of aromatic nitrogens is 2. The number of fused-ring (bicyclic) bond motifs is 1. The van der Waals surface area contributed by atoms with Crippen LogP contribution in [0, 0.1) is 5.92 Å². The van der Waals surface area contributed by atoms with E-state index in [2.05, 4.69) is 4.98 Å². The lowest BCUT2D eigenvalue weighted by molar-refractivity contribution is -0.0108. The Morgan fingerprint density at radius 3 is 2.67 bits per heavy atom. The summed E-state index contributed by atoms with van der Waals surface area (Å²) in [5.41, 5.74) is 1.10. The van der Waals surface area contributed by atoms with Crippen LogP contribution in [0.4, 0.5) is 0 Å². The number of nitrogens with one attached hydrogen (secondary N) is 1. The zero-order valence-electron chi connectivity index (χ0n) is 16.3. The molecule has 1 amide bonds. The Morgan fingerprint density at radius 2 is 2.04 bits per heavy atom. The lowest BCUT2D eigenvalue weighted by atomic mass is 9.83. The predicted molar refractivity (Wildman–Crippen MR) is 104 cm³/mol. The summed E-state index contributed by atoms with van der Waals surface area (Å²) in [4.78, 5) is 29.7. The van der Waals surface area contributed by atoms with Gasteiger partial charge in [0.1, 0.15) is 0 Å². The molecule has 7 nitrogen and oxygen atoms in total. The number of hydrogen-bond donors (Lipinski definition) is 2. The third-order valence-electron chi connectivity index (χ3n) is 5.47. The van der Waals surface area contributed by atoms with Gasteiger partial charge in [-0.3, -0.25) is 9.36 Å². The molecule has 3 rings (SSSR count). The van der Waals surface area contributed by atoms with Crippen LogP contribution in [-0.4, -0.2) is 57.4 Å². The number of benzene rings is 1. The van der Waals surface area contributed by atoms with Crippen molar-refractivity contribution in [2.75, 3.05) is 26.3 Å². The summed E-state index contributed by atoms with van der Waals surface area (Å²) in [6.45, 7) is 8.41. The second kappa shape index (κ2) is 7.86. The number of H-pyrrole nitrogens is 1. The summed E-state index contributed by atoms with van der Waals surface area (Å²) in [5, 5.41) is 10.2. The molecule has 1 aromatic carbocycles. The predicted octanol–water partition coefficient (Wildman–Crippen LogP) is 1.99. The number of likely N-dealkylation sites (tertiary alicyclic amines) is 1. The van der Waals surface area contributed by atoms with Gasteiger partial charge in [-0.05, 0) is 57.7 Å². The second-order valence-electron chi connectivity index (χ2n) is 7.73. The van der Waals surface area contributed by atoms with Gasteiger partial charge < -0.3 is 19.7 Å². The SMILES string of the molecule is CCOCCn1c(=O)[nH]c2cc(C(=O)N3CCC(C(C)(C)O)CC3)ccc21. The van der Waals surface area contributed by atoms with Crippen molar-refractivity contribution in [3.05, 3.63) is 34.2 Å². The molecular formula is C20H29N3O4. The van der Waals surface area contributed by atoms with Crippen molar-refractivity contribution < 1.29 is 14.6 Å². The topological polar surface area (TPSA) is 87.6 Å². The number of piperidine rings is 1. The number of amides is 1. The summed E-state index contributed by atoms with van der Waals surface area (Å²) < 4.78 is 6.97. The fourth-order valence-electron chi connectivity index (χ4n) is 3.79. The highest BCUT2D eigenvalue weighted by atomic mass is 16.5. The first-order valence-electron chi connectivity index (χ1n) is 9.63. The van der Waals surface area contributed by atoms with E-state index >= 15 is 0 Å². The van der Waals surface area contributed by atoms with Gasteiger partial charge in [0.05, 0.1) is 29.8 Å². The number of ether oxygens (including phenoxy) is 1. The van der Waals surface area contributed by atoms with E-state index in [1.54, 1.807) is 16.7 Å². The van der Waals surface area contributed by atoms with Crippen molar-refractivity contribution in [2.45, 2.75) is 45.8 Å². The minimum Gasteiger partial charge on any atom is -0.390 e. The molecule has 0 radical (unpaired) electrons. The maximum Gasteiger partial charge on any atom is 0.326 e. The minimum atomic E-state index is -0.710. The summed E-state index contributed by atoms with van der Waals surface area (Å²) >= 11 is 0. The first kappa shape index (κ1) is 19.6. The van der Waals surface area contributed by atoms with Crippen LogP contribution in [0.5, 0.6) is 0 Å². The van der Waals surface area contributed by atoms with E-state index in [4.69, 9.17) is 4.74 Å². The largest absolute Gasteiger partial charge is 0.390 e. The molecule has 27 heavy (non-hydrogen) atoms. The number of carbonyl (C=O) groups excluding carboxylic acids is 1. The molecular weight excluding hydrogens is 346 g/mol. The number of aromatic amines is 1. The second-order valence-corrected chi connectivity index (χ2v) is 7.73. The minimum absolute atomic E-state index is 0.0333. The molecule has 0 saturated carbocycles. The number of hydrogen-bond acceptors (Lipinski definition) is 4. The van der Waals surface area contributed by atoms with Crippen LogP contribution < -0.4 is 5.69 Å². The van der Waals surface area contributed by atoms with E-state index < -0.39 is 5.60 Å². The third kappa shape index (κ3) is 4.25. The van der Waals surface area contributed by atoms with E-state index in [1.807, 2.05) is 31.7 Å². The van der Waals surface area contributed by atoms with E-state index in [0.717, 1.165) is 18.4 Å². The zero-order chi connectivity index (χ0) is 19.6. The average molecular weight is 375 g/mol. The lowest BCUT2D eigenvalue weighted by Crippen LogP contribution is -2.44. The molecule has 1 aliphatic heterocycles. The highest BCUT2D eigenvalue weighted by Gasteiger charge is 2.32. The maximum atomic E-state index is 12.8.